The third-order valence-electron chi connectivity index (χ3n) is 4.94. The minimum atomic E-state index is -0.205. The Morgan fingerprint density at radius 1 is 1.05 bits per heavy atom. The topological polar surface area (TPSA) is 32.6 Å². The van der Waals surface area contributed by atoms with Crippen molar-refractivity contribution in [3.63, 3.8) is 0 Å². The van der Waals surface area contributed by atoms with Crippen molar-refractivity contribution in [2.45, 2.75) is 44.9 Å². The van der Waals surface area contributed by atoms with Gasteiger partial charge in [-0.1, -0.05) is 37.0 Å². The molecule has 0 aromatic heterocycles. The number of hydrogen-bond acceptors (Lipinski definition) is 2. The van der Waals surface area contributed by atoms with E-state index >= 15 is 0 Å². The number of oxime groups is 1. The summed E-state index contributed by atoms with van der Waals surface area (Å²) in [5.41, 5.74) is 3.88. The molecule has 21 heavy (non-hydrogen) atoms. The molecule has 1 aromatic carbocycles. The number of benzene rings is 1. The van der Waals surface area contributed by atoms with Gasteiger partial charge in [0.25, 0.3) is 0 Å². The van der Waals surface area contributed by atoms with Gasteiger partial charge < -0.3 is 5.21 Å². The van der Waals surface area contributed by atoms with Crippen molar-refractivity contribution in [1.82, 2.24) is 0 Å². The second kappa shape index (κ2) is 6.42. The van der Waals surface area contributed by atoms with Crippen molar-refractivity contribution in [2.75, 3.05) is 0 Å². The van der Waals surface area contributed by atoms with Crippen LogP contribution in [0.25, 0.3) is 5.57 Å². The van der Waals surface area contributed by atoms with Crippen LogP contribution in [0.1, 0.15) is 50.5 Å². The van der Waals surface area contributed by atoms with Crippen molar-refractivity contribution in [1.29, 1.82) is 0 Å². The Labute approximate surface area is 125 Å². The number of hydrogen-bond donors (Lipinski definition) is 1. The van der Waals surface area contributed by atoms with Gasteiger partial charge in [0.2, 0.25) is 0 Å². The first-order valence-corrected chi connectivity index (χ1v) is 7.96. The molecule has 1 atom stereocenters. The molecule has 0 saturated heterocycles. The molecule has 2 aliphatic carbocycles. The predicted molar refractivity (Wildman–Crippen MR) is 82.9 cm³/mol. The average Bonchev–Trinajstić information content (AvgIpc) is 2.93. The van der Waals surface area contributed by atoms with E-state index in [1.54, 1.807) is 6.21 Å². The highest BCUT2D eigenvalue weighted by molar-refractivity contribution is 5.86. The maximum atomic E-state index is 13.2. The van der Waals surface area contributed by atoms with Gasteiger partial charge in [0, 0.05) is 5.92 Å². The molecule has 1 unspecified atom stereocenters. The summed E-state index contributed by atoms with van der Waals surface area (Å²) in [5, 5.41) is 12.2. The first-order chi connectivity index (χ1) is 10.3. The third kappa shape index (κ3) is 3.02. The van der Waals surface area contributed by atoms with E-state index in [2.05, 4.69) is 5.16 Å². The second-order valence-electron chi connectivity index (χ2n) is 6.19. The van der Waals surface area contributed by atoms with Crippen LogP contribution < -0.4 is 0 Å². The Morgan fingerprint density at radius 2 is 1.76 bits per heavy atom. The maximum absolute atomic E-state index is 13.2. The highest BCUT2D eigenvalue weighted by Crippen LogP contribution is 2.45. The summed E-state index contributed by atoms with van der Waals surface area (Å²) in [6.07, 6.45) is 10.2. The molecule has 0 aliphatic heterocycles. The third-order valence-corrected chi connectivity index (χ3v) is 4.94. The van der Waals surface area contributed by atoms with E-state index in [1.165, 1.54) is 55.4 Å². The van der Waals surface area contributed by atoms with Crippen LogP contribution >= 0.6 is 0 Å². The fourth-order valence-electron chi connectivity index (χ4n) is 3.96. The number of allylic oxidation sites excluding steroid dienone is 2. The lowest BCUT2D eigenvalue weighted by Crippen LogP contribution is -2.10. The van der Waals surface area contributed by atoms with E-state index in [9.17, 15) is 4.39 Å². The summed E-state index contributed by atoms with van der Waals surface area (Å²) in [4.78, 5) is 0. The summed E-state index contributed by atoms with van der Waals surface area (Å²) < 4.78 is 13.2. The zero-order valence-corrected chi connectivity index (χ0v) is 12.3. The summed E-state index contributed by atoms with van der Waals surface area (Å²) in [5.74, 6) is 0.622. The molecule has 0 amide bonds. The Morgan fingerprint density at radius 3 is 2.43 bits per heavy atom. The highest BCUT2D eigenvalue weighted by atomic mass is 19.1. The monoisotopic (exact) mass is 287 g/mol. The van der Waals surface area contributed by atoms with Gasteiger partial charge in [-0.05, 0) is 54.9 Å². The molecular weight excluding hydrogens is 265 g/mol. The molecule has 3 rings (SSSR count). The standard InChI is InChI=1S/C18H22FNO/c19-16-9-6-14(7-10-16)18-15(12-20-21)8-11-17(18)13-4-2-1-3-5-13/h6-7,9-10,12-13,15,21H,1-5,8,11H2. The highest BCUT2D eigenvalue weighted by Gasteiger charge is 2.30. The molecule has 0 heterocycles. The van der Waals surface area contributed by atoms with Crippen LogP contribution in [0.3, 0.4) is 0 Å². The van der Waals surface area contributed by atoms with Crippen LogP contribution in [-0.2, 0) is 0 Å². The normalized spacial score (nSPS) is 24.1. The Hall–Kier alpha value is -1.64. The fourth-order valence-corrected chi connectivity index (χ4v) is 3.96. The summed E-state index contributed by atoms with van der Waals surface area (Å²) in [6.45, 7) is 0. The molecule has 1 N–H and O–H groups in total. The van der Waals surface area contributed by atoms with Crippen LogP contribution in [0.15, 0.2) is 35.0 Å². The second-order valence-corrected chi connectivity index (χ2v) is 6.19. The minimum Gasteiger partial charge on any atom is -0.411 e. The zero-order valence-electron chi connectivity index (χ0n) is 12.3. The van der Waals surface area contributed by atoms with Gasteiger partial charge in [0.15, 0.2) is 0 Å². The van der Waals surface area contributed by atoms with Crippen LogP contribution in [0, 0.1) is 17.7 Å². The van der Waals surface area contributed by atoms with Crippen molar-refractivity contribution in [3.8, 4) is 0 Å². The van der Waals surface area contributed by atoms with Gasteiger partial charge in [-0.3, -0.25) is 0 Å². The quantitative estimate of drug-likeness (QED) is 0.472. The van der Waals surface area contributed by atoms with E-state index in [1.807, 2.05) is 12.1 Å². The molecule has 1 fully saturated rings. The molecule has 112 valence electrons. The van der Waals surface area contributed by atoms with Crippen molar-refractivity contribution in [2.24, 2.45) is 17.0 Å². The predicted octanol–water partition coefficient (Wildman–Crippen LogP) is 5.03. The van der Waals surface area contributed by atoms with Crippen LogP contribution in [0.4, 0.5) is 4.39 Å². The smallest absolute Gasteiger partial charge is 0.123 e. The Kier molecular flexibility index (Phi) is 4.37. The van der Waals surface area contributed by atoms with Crippen molar-refractivity contribution < 1.29 is 9.60 Å². The summed E-state index contributed by atoms with van der Waals surface area (Å²) in [6, 6.07) is 6.76. The Bertz CT molecular complexity index is 541. The molecule has 2 nitrogen and oxygen atoms in total. The van der Waals surface area contributed by atoms with Crippen LogP contribution in [0.2, 0.25) is 0 Å². The first-order valence-electron chi connectivity index (χ1n) is 7.96. The lowest BCUT2D eigenvalue weighted by atomic mass is 9.81. The van der Waals surface area contributed by atoms with Gasteiger partial charge >= 0.3 is 0 Å². The molecule has 2 aliphatic rings. The van der Waals surface area contributed by atoms with Gasteiger partial charge in [0.05, 0.1) is 6.21 Å². The van der Waals surface area contributed by atoms with Crippen molar-refractivity contribution >= 4 is 11.8 Å². The molecule has 0 bridgehead atoms. The van der Waals surface area contributed by atoms with Gasteiger partial charge in [-0.25, -0.2) is 4.39 Å². The lowest BCUT2D eigenvalue weighted by molar-refractivity contribution is 0.319. The van der Waals surface area contributed by atoms with E-state index in [0.29, 0.717) is 5.92 Å². The molecule has 1 saturated carbocycles. The number of halogens is 1. The Balaban J connectivity index is 1.99. The number of nitrogens with zero attached hydrogens (tertiary/aromatic N) is 1. The lowest BCUT2D eigenvalue weighted by Gasteiger charge is -2.25. The SMILES string of the molecule is ON=CC1CCC(C2CCCCC2)=C1c1ccc(F)cc1. The van der Waals surface area contributed by atoms with E-state index in [0.717, 1.165) is 18.4 Å². The minimum absolute atomic E-state index is 0.164. The van der Waals surface area contributed by atoms with E-state index in [4.69, 9.17) is 5.21 Å². The largest absolute Gasteiger partial charge is 0.411 e. The summed E-state index contributed by atoms with van der Waals surface area (Å²) >= 11 is 0. The van der Waals surface area contributed by atoms with Gasteiger partial charge in [-0.15, -0.1) is 5.16 Å². The van der Waals surface area contributed by atoms with Gasteiger partial charge in [-0.2, -0.15) is 0 Å². The van der Waals surface area contributed by atoms with Crippen molar-refractivity contribution in [3.05, 3.63) is 41.2 Å². The average molecular weight is 287 g/mol. The molecule has 1 aromatic rings. The molecule has 0 spiro atoms. The van der Waals surface area contributed by atoms with Crippen LogP contribution in [0.5, 0.6) is 0 Å². The molecule has 3 heteroatoms. The van der Waals surface area contributed by atoms with E-state index < -0.39 is 0 Å². The maximum Gasteiger partial charge on any atom is 0.123 e. The number of rotatable bonds is 3. The first kappa shape index (κ1) is 14.3. The summed E-state index contributed by atoms with van der Waals surface area (Å²) in [7, 11) is 0. The molecule has 0 radical (unpaired) electrons. The fraction of sp³-hybridized carbons (Fsp3) is 0.500. The van der Waals surface area contributed by atoms with Crippen LogP contribution in [-0.4, -0.2) is 11.4 Å². The molecular formula is C18H22FNO. The van der Waals surface area contributed by atoms with E-state index in [-0.39, 0.29) is 11.7 Å². The zero-order chi connectivity index (χ0) is 14.7. The van der Waals surface area contributed by atoms with Gasteiger partial charge in [0.1, 0.15) is 5.82 Å².